The number of rotatable bonds is 2. The lowest BCUT2D eigenvalue weighted by Crippen LogP contribution is -2.39. The number of piperidine rings is 1. The number of carboxylic acids is 1. The van der Waals surface area contributed by atoms with E-state index in [1.54, 1.807) is 4.90 Å². The molecule has 0 saturated carbocycles. The normalized spacial score (nSPS) is 17.0. The minimum atomic E-state index is -4.23. The average Bonchev–Trinajstić information content (AvgIpc) is 2.40. The van der Waals surface area contributed by atoms with E-state index in [4.69, 9.17) is 10.8 Å². The second-order valence-corrected chi connectivity index (χ2v) is 5.00. The number of halogens is 4. The molecule has 0 atom stereocenters. The van der Waals surface area contributed by atoms with Crippen molar-refractivity contribution in [3.63, 3.8) is 0 Å². The van der Waals surface area contributed by atoms with Gasteiger partial charge < -0.3 is 15.7 Å². The van der Waals surface area contributed by atoms with Crippen LogP contribution in [0.2, 0.25) is 0 Å². The van der Waals surface area contributed by atoms with Crippen LogP contribution in [-0.4, -0.2) is 30.3 Å². The highest BCUT2D eigenvalue weighted by molar-refractivity contribution is 5.91. The minimum absolute atomic E-state index is 0.0410. The number of carboxylic acid groups (broad SMARTS) is 1. The molecule has 1 saturated heterocycles. The molecule has 1 aromatic carbocycles. The molecule has 3 N–H and O–H groups in total. The summed E-state index contributed by atoms with van der Waals surface area (Å²) in [4.78, 5) is 12.3. The lowest BCUT2D eigenvalue weighted by atomic mass is 9.95. The van der Waals surface area contributed by atoms with Gasteiger partial charge in [0.15, 0.2) is 0 Å². The van der Waals surface area contributed by atoms with Crippen LogP contribution in [0.5, 0.6) is 0 Å². The first-order valence-electron chi connectivity index (χ1n) is 6.34. The third-order valence-corrected chi connectivity index (χ3v) is 3.65. The summed E-state index contributed by atoms with van der Waals surface area (Å²) in [5.74, 6) is -3.76. The average molecular weight is 306 g/mol. The Kier molecular flexibility index (Phi) is 3.97. The Morgan fingerprint density at radius 1 is 1.29 bits per heavy atom. The van der Waals surface area contributed by atoms with Crippen molar-refractivity contribution < 1.29 is 27.5 Å². The number of benzene rings is 1. The number of nitrogen functional groups attached to an aromatic ring is 1. The fourth-order valence-corrected chi connectivity index (χ4v) is 2.46. The minimum Gasteiger partial charge on any atom is -0.478 e. The first-order chi connectivity index (χ1) is 9.70. The van der Waals surface area contributed by atoms with Crippen molar-refractivity contribution in [3.05, 3.63) is 23.5 Å². The maximum absolute atomic E-state index is 13.7. The second kappa shape index (κ2) is 5.42. The number of hydrogen-bond acceptors (Lipinski definition) is 3. The molecule has 0 unspecified atom stereocenters. The third kappa shape index (κ3) is 3.20. The van der Waals surface area contributed by atoms with Gasteiger partial charge in [0.25, 0.3) is 0 Å². The molecule has 4 nitrogen and oxygen atoms in total. The SMILES string of the molecule is Nc1cc(C(=O)O)c(F)cc1N1CCC(C(F)(F)F)CC1. The van der Waals surface area contributed by atoms with Crippen LogP contribution in [0.25, 0.3) is 0 Å². The molecule has 116 valence electrons. The van der Waals surface area contributed by atoms with Crippen molar-refractivity contribution in [1.82, 2.24) is 0 Å². The fourth-order valence-electron chi connectivity index (χ4n) is 2.46. The maximum Gasteiger partial charge on any atom is 0.391 e. The van der Waals surface area contributed by atoms with Crippen LogP contribution in [-0.2, 0) is 0 Å². The first-order valence-corrected chi connectivity index (χ1v) is 6.34. The molecule has 1 heterocycles. The first kappa shape index (κ1) is 15.4. The van der Waals surface area contributed by atoms with Crippen LogP contribution in [0.15, 0.2) is 12.1 Å². The molecule has 0 aromatic heterocycles. The van der Waals surface area contributed by atoms with Crippen LogP contribution in [0.3, 0.4) is 0 Å². The molecule has 0 spiro atoms. The Hall–Kier alpha value is -1.99. The summed E-state index contributed by atoms with van der Waals surface area (Å²) >= 11 is 0. The van der Waals surface area contributed by atoms with E-state index in [1.165, 1.54) is 0 Å². The number of nitrogens with zero attached hydrogens (tertiary/aromatic N) is 1. The van der Waals surface area contributed by atoms with Gasteiger partial charge in [-0.05, 0) is 18.9 Å². The van der Waals surface area contributed by atoms with E-state index in [0.717, 1.165) is 12.1 Å². The van der Waals surface area contributed by atoms with Gasteiger partial charge in [-0.3, -0.25) is 0 Å². The van der Waals surface area contributed by atoms with Crippen LogP contribution in [0, 0.1) is 11.7 Å². The third-order valence-electron chi connectivity index (χ3n) is 3.65. The van der Waals surface area contributed by atoms with Crippen molar-refractivity contribution in [2.75, 3.05) is 23.7 Å². The highest BCUT2D eigenvalue weighted by Gasteiger charge is 2.41. The largest absolute Gasteiger partial charge is 0.478 e. The highest BCUT2D eigenvalue weighted by Crippen LogP contribution is 2.37. The van der Waals surface area contributed by atoms with Crippen LogP contribution < -0.4 is 10.6 Å². The number of aromatic carboxylic acids is 1. The summed E-state index contributed by atoms with van der Waals surface area (Å²) in [5, 5.41) is 8.78. The van der Waals surface area contributed by atoms with E-state index >= 15 is 0 Å². The Morgan fingerprint density at radius 3 is 2.33 bits per heavy atom. The molecule has 1 aliphatic heterocycles. The smallest absolute Gasteiger partial charge is 0.391 e. The van der Waals surface area contributed by atoms with E-state index in [9.17, 15) is 22.4 Å². The zero-order valence-electron chi connectivity index (χ0n) is 11.0. The number of carbonyl (C=O) groups is 1. The molecule has 1 fully saturated rings. The van der Waals surface area contributed by atoms with Crippen LogP contribution in [0.4, 0.5) is 28.9 Å². The summed E-state index contributed by atoms with van der Waals surface area (Å²) < 4.78 is 51.4. The van der Waals surface area contributed by atoms with Gasteiger partial charge in [-0.25, -0.2) is 9.18 Å². The molecule has 21 heavy (non-hydrogen) atoms. The molecule has 1 aromatic rings. The molecule has 0 amide bonds. The van der Waals surface area contributed by atoms with Crippen molar-refractivity contribution in [2.24, 2.45) is 5.92 Å². The Labute approximate surface area is 118 Å². The quantitative estimate of drug-likeness (QED) is 0.651. The van der Waals surface area contributed by atoms with E-state index in [-0.39, 0.29) is 37.3 Å². The molecule has 1 aliphatic rings. The molecular formula is C13H14F4N2O2. The van der Waals surface area contributed by atoms with Gasteiger partial charge in [-0.2, -0.15) is 13.2 Å². The Balaban J connectivity index is 2.18. The topological polar surface area (TPSA) is 66.6 Å². The summed E-state index contributed by atoms with van der Waals surface area (Å²) in [6.07, 6.45) is -4.41. The summed E-state index contributed by atoms with van der Waals surface area (Å²) in [5.41, 5.74) is 5.41. The number of hydrogen-bond donors (Lipinski definition) is 2. The summed E-state index contributed by atoms with van der Waals surface area (Å²) in [7, 11) is 0. The maximum atomic E-state index is 13.7. The summed E-state index contributed by atoms with van der Waals surface area (Å²) in [6.45, 7) is 0.195. The number of nitrogens with two attached hydrogens (primary N) is 1. The van der Waals surface area contributed by atoms with E-state index in [1.807, 2.05) is 0 Å². The van der Waals surface area contributed by atoms with E-state index in [2.05, 4.69) is 0 Å². The van der Waals surface area contributed by atoms with E-state index < -0.39 is 29.4 Å². The predicted molar refractivity (Wildman–Crippen MR) is 68.8 cm³/mol. The standard InChI is InChI=1S/C13H14F4N2O2/c14-9-6-11(10(18)5-8(9)12(20)21)19-3-1-7(2-4-19)13(15,16)17/h5-7H,1-4,18H2,(H,20,21). The van der Waals surface area contributed by atoms with Crippen molar-refractivity contribution in [3.8, 4) is 0 Å². The molecular weight excluding hydrogens is 292 g/mol. The molecule has 2 rings (SSSR count). The van der Waals surface area contributed by atoms with Gasteiger partial charge in [0, 0.05) is 19.2 Å². The number of alkyl halides is 3. The zero-order chi connectivity index (χ0) is 15.8. The summed E-state index contributed by atoms with van der Waals surface area (Å²) in [6, 6.07) is 1.95. The van der Waals surface area contributed by atoms with Crippen molar-refractivity contribution >= 4 is 17.3 Å². The highest BCUT2D eigenvalue weighted by atomic mass is 19.4. The van der Waals surface area contributed by atoms with Crippen molar-refractivity contribution in [1.29, 1.82) is 0 Å². The Morgan fingerprint density at radius 2 is 1.86 bits per heavy atom. The Bertz CT molecular complexity index is 552. The van der Waals surface area contributed by atoms with Crippen LogP contribution >= 0.6 is 0 Å². The molecule has 8 heteroatoms. The lowest BCUT2D eigenvalue weighted by molar-refractivity contribution is -0.179. The van der Waals surface area contributed by atoms with Gasteiger partial charge in [0.1, 0.15) is 5.82 Å². The second-order valence-electron chi connectivity index (χ2n) is 5.00. The van der Waals surface area contributed by atoms with E-state index in [0.29, 0.717) is 0 Å². The van der Waals surface area contributed by atoms with Gasteiger partial charge in [-0.1, -0.05) is 0 Å². The van der Waals surface area contributed by atoms with Gasteiger partial charge in [0.05, 0.1) is 22.9 Å². The van der Waals surface area contributed by atoms with Gasteiger partial charge in [-0.15, -0.1) is 0 Å². The predicted octanol–water partition coefficient (Wildman–Crippen LogP) is 2.88. The van der Waals surface area contributed by atoms with Gasteiger partial charge in [0.2, 0.25) is 0 Å². The fraction of sp³-hybridized carbons (Fsp3) is 0.462. The monoisotopic (exact) mass is 306 g/mol. The zero-order valence-corrected chi connectivity index (χ0v) is 11.0. The molecule has 0 aliphatic carbocycles. The number of anilines is 2. The van der Waals surface area contributed by atoms with Gasteiger partial charge >= 0.3 is 12.1 Å². The van der Waals surface area contributed by atoms with Crippen LogP contribution in [0.1, 0.15) is 23.2 Å². The molecule has 0 bridgehead atoms. The lowest BCUT2D eigenvalue weighted by Gasteiger charge is -2.35. The van der Waals surface area contributed by atoms with Crippen molar-refractivity contribution in [2.45, 2.75) is 19.0 Å². The molecule has 0 radical (unpaired) electrons.